The highest BCUT2D eigenvalue weighted by Crippen LogP contribution is 2.41. The summed E-state index contributed by atoms with van der Waals surface area (Å²) in [4.78, 5) is 27.5. The first-order valence-electron chi connectivity index (χ1n) is 10.2. The van der Waals surface area contributed by atoms with Gasteiger partial charge in [-0.15, -0.1) is 0 Å². The number of nitrogens with zero attached hydrogens (tertiary/aromatic N) is 1. The number of carbonyl (C=O) groups is 2. The summed E-state index contributed by atoms with van der Waals surface area (Å²) in [5, 5.41) is 3.08. The third-order valence-electron chi connectivity index (χ3n) is 5.76. The Kier molecular flexibility index (Phi) is 6.47. The lowest BCUT2D eigenvalue weighted by atomic mass is 9.87. The topological polar surface area (TPSA) is 67.9 Å². The molecule has 0 unspecified atom stereocenters. The van der Waals surface area contributed by atoms with Crippen molar-refractivity contribution in [3.63, 3.8) is 0 Å². The Morgan fingerprint density at radius 3 is 2.54 bits per heavy atom. The second kappa shape index (κ2) is 8.84. The number of amides is 2. The van der Waals surface area contributed by atoms with Gasteiger partial charge in [0, 0.05) is 43.1 Å². The van der Waals surface area contributed by atoms with Crippen molar-refractivity contribution in [1.82, 2.24) is 10.2 Å². The molecule has 0 bridgehead atoms. The van der Waals surface area contributed by atoms with Gasteiger partial charge in [-0.1, -0.05) is 19.9 Å². The summed E-state index contributed by atoms with van der Waals surface area (Å²) in [6.45, 7) is 5.98. The van der Waals surface area contributed by atoms with Crippen LogP contribution in [0.1, 0.15) is 44.6 Å². The zero-order valence-corrected chi connectivity index (χ0v) is 17.4. The maximum Gasteiger partial charge on any atom is 0.225 e. The Labute approximate surface area is 167 Å². The maximum atomic E-state index is 13.0. The summed E-state index contributed by atoms with van der Waals surface area (Å²) in [5.74, 6) is 1.97. The Morgan fingerprint density at radius 1 is 1.18 bits per heavy atom. The van der Waals surface area contributed by atoms with E-state index < -0.39 is 0 Å². The highest BCUT2D eigenvalue weighted by Gasteiger charge is 2.44. The van der Waals surface area contributed by atoms with Gasteiger partial charge in [-0.25, -0.2) is 0 Å². The van der Waals surface area contributed by atoms with E-state index in [0.29, 0.717) is 37.1 Å². The Hall–Kier alpha value is -2.24. The molecule has 1 saturated carbocycles. The van der Waals surface area contributed by atoms with Crippen LogP contribution in [0.3, 0.4) is 0 Å². The number of likely N-dealkylation sites (tertiary alicyclic amines) is 1. The predicted molar refractivity (Wildman–Crippen MR) is 108 cm³/mol. The maximum absolute atomic E-state index is 13.0. The second-order valence-corrected chi connectivity index (χ2v) is 8.31. The molecule has 28 heavy (non-hydrogen) atoms. The van der Waals surface area contributed by atoms with Gasteiger partial charge in [-0.05, 0) is 31.2 Å². The first-order chi connectivity index (χ1) is 13.4. The summed E-state index contributed by atoms with van der Waals surface area (Å²) < 4.78 is 10.9. The molecule has 6 heteroatoms. The first-order valence-corrected chi connectivity index (χ1v) is 10.2. The number of hydrogen-bond acceptors (Lipinski definition) is 4. The molecule has 0 radical (unpaired) electrons. The van der Waals surface area contributed by atoms with Crippen LogP contribution in [0, 0.1) is 17.8 Å². The van der Waals surface area contributed by atoms with Crippen molar-refractivity contribution >= 4 is 11.8 Å². The fourth-order valence-corrected chi connectivity index (χ4v) is 3.89. The number of ether oxygens (including phenoxy) is 2. The van der Waals surface area contributed by atoms with Gasteiger partial charge in [-0.3, -0.25) is 9.59 Å². The van der Waals surface area contributed by atoms with Gasteiger partial charge in [0.05, 0.1) is 20.1 Å². The van der Waals surface area contributed by atoms with Gasteiger partial charge >= 0.3 is 0 Å². The van der Waals surface area contributed by atoms with Crippen LogP contribution in [0.15, 0.2) is 18.2 Å². The number of methoxy groups -OCH3 is 2. The van der Waals surface area contributed by atoms with Gasteiger partial charge in [0.2, 0.25) is 11.8 Å². The third-order valence-corrected chi connectivity index (χ3v) is 5.76. The van der Waals surface area contributed by atoms with Crippen molar-refractivity contribution in [1.29, 1.82) is 0 Å². The van der Waals surface area contributed by atoms with Crippen LogP contribution in [-0.2, 0) is 9.59 Å². The van der Waals surface area contributed by atoms with Crippen molar-refractivity contribution in [3.05, 3.63) is 23.8 Å². The molecule has 2 fully saturated rings. The Balaban J connectivity index is 1.82. The van der Waals surface area contributed by atoms with E-state index in [1.54, 1.807) is 14.2 Å². The van der Waals surface area contributed by atoms with Crippen LogP contribution in [0.4, 0.5) is 0 Å². The second-order valence-electron chi connectivity index (χ2n) is 8.31. The average Bonchev–Trinajstić information content (AvgIpc) is 3.44. The fraction of sp³-hybridized carbons (Fsp3) is 0.636. The summed E-state index contributed by atoms with van der Waals surface area (Å²) in [7, 11) is 3.24. The molecule has 1 aliphatic carbocycles. The summed E-state index contributed by atoms with van der Waals surface area (Å²) in [5.41, 5.74) is 0.957. The van der Waals surface area contributed by atoms with E-state index in [1.165, 1.54) is 0 Å². The van der Waals surface area contributed by atoms with Crippen LogP contribution >= 0.6 is 0 Å². The monoisotopic (exact) mass is 388 g/mol. The van der Waals surface area contributed by atoms with Crippen LogP contribution in [0.25, 0.3) is 0 Å². The highest BCUT2D eigenvalue weighted by molar-refractivity contribution is 5.85. The zero-order chi connectivity index (χ0) is 20.3. The molecule has 2 aliphatic rings. The van der Waals surface area contributed by atoms with Gasteiger partial charge in [0.1, 0.15) is 11.5 Å². The molecule has 3 rings (SSSR count). The van der Waals surface area contributed by atoms with E-state index in [0.717, 1.165) is 24.8 Å². The zero-order valence-electron chi connectivity index (χ0n) is 17.4. The van der Waals surface area contributed by atoms with Gasteiger partial charge in [-0.2, -0.15) is 0 Å². The van der Waals surface area contributed by atoms with Crippen molar-refractivity contribution < 1.29 is 19.1 Å². The molecule has 2 amide bonds. The summed E-state index contributed by atoms with van der Waals surface area (Å²) in [6.07, 6.45) is 2.88. The molecule has 1 aromatic rings. The minimum Gasteiger partial charge on any atom is -0.497 e. The number of rotatable bonds is 8. The summed E-state index contributed by atoms with van der Waals surface area (Å²) in [6, 6.07) is 5.69. The number of hydrogen-bond donors (Lipinski definition) is 1. The molecular formula is C22H32N2O4. The molecule has 0 spiro atoms. The number of carbonyl (C=O) groups excluding carboxylic acids is 2. The van der Waals surface area contributed by atoms with Crippen molar-refractivity contribution in [3.8, 4) is 11.5 Å². The van der Waals surface area contributed by atoms with E-state index in [1.807, 2.05) is 23.1 Å². The molecule has 1 N–H and O–H groups in total. The lowest BCUT2D eigenvalue weighted by Crippen LogP contribution is -2.36. The number of nitrogens with one attached hydrogen (secondary N) is 1. The SMILES string of the molecule is COc1ccc([C@@H]2CN(C(=O)C3CC3)C[C@@H]2C(=O)NCCC(C)C)c(OC)c1. The lowest BCUT2D eigenvalue weighted by Gasteiger charge is -2.21. The largest absolute Gasteiger partial charge is 0.497 e. The van der Waals surface area contributed by atoms with Crippen LogP contribution < -0.4 is 14.8 Å². The van der Waals surface area contributed by atoms with Gasteiger partial charge in [0.25, 0.3) is 0 Å². The molecule has 1 heterocycles. The van der Waals surface area contributed by atoms with E-state index in [2.05, 4.69) is 19.2 Å². The molecule has 1 aliphatic heterocycles. The van der Waals surface area contributed by atoms with Crippen LogP contribution in [-0.4, -0.2) is 50.6 Å². The summed E-state index contributed by atoms with van der Waals surface area (Å²) >= 11 is 0. The molecule has 154 valence electrons. The quantitative estimate of drug-likeness (QED) is 0.744. The molecule has 6 nitrogen and oxygen atoms in total. The molecule has 1 saturated heterocycles. The Bertz CT molecular complexity index is 714. The van der Waals surface area contributed by atoms with Crippen molar-refractivity contribution in [2.24, 2.45) is 17.8 Å². The lowest BCUT2D eigenvalue weighted by molar-refractivity contribution is -0.132. The smallest absolute Gasteiger partial charge is 0.225 e. The predicted octanol–water partition coefficient (Wildman–Crippen LogP) is 2.82. The molecule has 2 atom stereocenters. The minimum absolute atomic E-state index is 0.0228. The fourth-order valence-electron chi connectivity index (χ4n) is 3.89. The minimum atomic E-state index is -0.267. The molecule has 0 aromatic heterocycles. The van der Waals surface area contributed by atoms with Gasteiger partial charge < -0.3 is 19.7 Å². The number of benzene rings is 1. The average molecular weight is 389 g/mol. The van der Waals surface area contributed by atoms with E-state index in [4.69, 9.17) is 9.47 Å². The van der Waals surface area contributed by atoms with Gasteiger partial charge in [0.15, 0.2) is 0 Å². The molecule has 1 aromatic carbocycles. The van der Waals surface area contributed by atoms with Crippen LogP contribution in [0.2, 0.25) is 0 Å². The highest BCUT2D eigenvalue weighted by atomic mass is 16.5. The molecular weight excluding hydrogens is 356 g/mol. The Morgan fingerprint density at radius 2 is 1.93 bits per heavy atom. The normalized spacial score (nSPS) is 21.7. The van der Waals surface area contributed by atoms with Crippen LogP contribution in [0.5, 0.6) is 11.5 Å². The standard InChI is InChI=1S/C22H32N2O4/c1-14(2)9-10-23-21(25)19-13-24(22(26)15-5-6-15)12-18(19)17-8-7-16(27-3)11-20(17)28-4/h7-8,11,14-15,18-19H,5-6,9-10,12-13H2,1-4H3,(H,23,25)/t18-,19-/m0/s1. The third kappa shape index (κ3) is 4.59. The van der Waals surface area contributed by atoms with Crippen molar-refractivity contribution in [2.45, 2.75) is 39.0 Å². The van der Waals surface area contributed by atoms with E-state index in [-0.39, 0.29) is 29.6 Å². The first kappa shape index (κ1) is 20.5. The van der Waals surface area contributed by atoms with Crippen molar-refractivity contribution in [2.75, 3.05) is 33.9 Å². The van der Waals surface area contributed by atoms with E-state index in [9.17, 15) is 9.59 Å². The van der Waals surface area contributed by atoms with E-state index >= 15 is 0 Å².